The molecule has 254 valence electrons. The average molecular weight is 642 g/mol. The second kappa shape index (κ2) is 12.6. The van der Waals surface area contributed by atoms with Crippen LogP contribution in [0, 0.1) is 0 Å². The lowest BCUT2D eigenvalue weighted by molar-refractivity contribution is -0.177. The van der Waals surface area contributed by atoms with E-state index in [-0.39, 0.29) is 31.5 Å². The van der Waals surface area contributed by atoms with Gasteiger partial charge in [-0.3, -0.25) is 9.69 Å². The number of hydrogen-bond acceptors (Lipinski definition) is 10. The molecule has 1 aromatic carbocycles. The molecule has 2 saturated heterocycles. The van der Waals surface area contributed by atoms with Gasteiger partial charge >= 0.3 is 5.97 Å². The molecule has 1 amide bonds. The van der Waals surface area contributed by atoms with E-state index < -0.39 is 28.8 Å². The number of likely N-dealkylation sites (tertiary alicyclic amines) is 1. The van der Waals surface area contributed by atoms with Crippen LogP contribution in [0.4, 0.5) is 0 Å². The summed E-state index contributed by atoms with van der Waals surface area (Å²) in [6.45, 7) is 6.47. The van der Waals surface area contributed by atoms with Crippen LogP contribution >= 0.6 is 0 Å². The molecule has 4 aliphatic heterocycles. The van der Waals surface area contributed by atoms with Crippen molar-refractivity contribution in [2.75, 3.05) is 54.2 Å². The number of carbonyl (C=O) groups excluding carboxylic acids is 2. The van der Waals surface area contributed by atoms with E-state index in [0.717, 1.165) is 62.1 Å². The minimum Gasteiger partial charge on any atom is -0.497 e. The second-order valence-corrected chi connectivity index (χ2v) is 14.7. The molecule has 5 aliphatic rings. The zero-order chi connectivity index (χ0) is 32.9. The number of amides is 1. The van der Waals surface area contributed by atoms with Crippen LogP contribution in [0.1, 0.15) is 82.3 Å². The number of fused-ring (bicyclic) bond motifs is 3. The average Bonchev–Trinajstić information content (AvgIpc) is 3.70. The van der Waals surface area contributed by atoms with Gasteiger partial charge in [-0.15, -0.1) is 0 Å². The summed E-state index contributed by atoms with van der Waals surface area (Å²) in [5, 5.41) is 22.5. The number of carbonyl (C=O) groups is 2. The fourth-order valence-corrected chi connectivity index (χ4v) is 8.39. The number of aliphatic hydroxyl groups is 2. The van der Waals surface area contributed by atoms with Crippen LogP contribution in [0.2, 0.25) is 0 Å². The summed E-state index contributed by atoms with van der Waals surface area (Å²) in [6.07, 6.45) is 6.01. The van der Waals surface area contributed by atoms with E-state index in [9.17, 15) is 19.8 Å². The minimum atomic E-state index is -2.06. The van der Waals surface area contributed by atoms with E-state index in [1.165, 1.54) is 0 Å². The van der Waals surface area contributed by atoms with Crippen molar-refractivity contribution in [3.63, 3.8) is 0 Å². The molecule has 0 radical (unpaired) electrons. The Morgan fingerprint density at radius 2 is 1.78 bits per heavy atom. The first-order valence-electron chi connectivity index (χ1n) is 16.9. The zero-order valence-electron chi connectivity index (χ0n) is 28.0. The van der Waals surface area contributed by atoms with Crippen LogP contribution in [0.5, 0.6) is 11.5 Å². The quantitative estimate of drug-likeness (QED) is 0.369. The van der Waals surface area contributed by atoms with Gasteiger partial charge in [-0.1, -0.05) is 0 Å². The molecule has 0 aromatic heterocycles. The number of esters is 1. The van der Waals surface area contributed by atoms with E-state index in [2.05, 4.69) is 15.9 Å². The Morgan fingerprint density at radius 1 is 1.07 bits per heavy atom. The Morgan fingerprint density at radius 3 is 2.46 bits per heavy atom. The minimum absolute atomic E-state index is 0.00825. The molecule has 2 fully saturated rings. The Hall–Kier alpha value is -2.86. The Kier molecular flexibility index (Phi) is 9.08. The maximum absolute atomic E-state index is 14.3. The van der Waals surface area contributed by atoms with Gasteiger partial charge in [0.15, 0.2) is 23.2 Å². The molecule has 4 heterocycles. The summed E-state index contributed by atoms with van der Waals surface area (Å²) >= 11 is 0. The molecule has 46 heavy (non-hydrogen) atoms. The maximum Gasteiger partial charge on any atom is 0.339 e. The predicted molar refractivity (Wildman–Crippen MR) is 171 cm³/mol. The molecular weight excluding hydrogens is 590 g/mol. The molecule has 1 spiro atoms. The fraction of sp³-hybridized carbons (Fsp3) is 0.714. The third-order valence-electron chi connectivity index (χ3n) is 10.9. The topological polar surface area (TPSA) is 121 Å². The summed E-state index contributed by atoms with van der Waals surface area (Å²) in [5.74, 6) is 0.549. The highest BCUT2D eigenvalue weighted by Crippen LogP contribution is 2.55. The molecule has 11 heteroatoms. The van der Waals surface area contributed by atoms with Gasteiger partial charge in [0.25, 0.3) is 0 Å². The Balaban J connectivity index is 1.29. The highest BCUT2D eigenvalue weighted by molar-refractivity contribution is 5.88. The van der Waals surface area contributed by atoms with Gasteiger partial charge in [-0.2, -0.15) is 0 Å². The molecular formula is C35H51N3O8. The van der Waals surface area contributed by atoms with Crippen molar-refractivity contribution >= 4 is 11.9 Å². The summed E-state index contributed by atoms with van der Waals surface area (Å²) in [6, 6.07) is 4.46. The van der Waals surface area contributed by atoms with Crippen molar-refractivity contribution in [3.8, 4) is 11.5 Å². The standard InChI is InChI=1S/C35H51N3O8/c1-33(2,41)11-6-13-35(42,21-29(39)37-15-9-24(10-16-37)36(3)4)32(40)46-31-28(43-5)20-34-12-7-14-38(34)17-8-23-18-26-27(45-22-44-26)19-25(23)30(31)34/h18-20,24,30-31,41-42H,6-17,21-22H2,1-5H3/t30-,31-,34+,35-/m1/s1. The van der Waals surface area contributed by atoms with Gasteiger partial charge in [0.05, 0.1) is 30.6 Å². The fourth-order valence-electron chi connectivity index (χ4n) is 8.39. The van der Waals surface area contributed by atoms with E-state index in [1.54, 1.807) is 25.9 Å². The Labute approximate surface area is 272 Å². The van der Waals surface area contributed by atoms with Crippen LogP contribution < -0.4 is 9.47 Å². The molecule has 1 aromatic rings. The van der Waals surface area contributed by atoms with Crippen molar-refractivity contribution in [2.24, 2.45) is 0 Å². The largest absolute Gasteiger partial charge is 0.497 e. The first kappa shape index (κ1) is 33.1. The molecule has 0 unspecified atom stereocenters. The van der Waals surface area contributed by atoms with Crippen molar-refractivity contribution in [1.82, 2.24) is 14.7 Å². The summed E-state index contributed by atoms with van der Waals surface area (Å²) in [4.78, 5) is 34.3. The first-order chi connectivity index (χ1) is 21.8. The lowest BCUT2D eigenvalue weighted by Crippen LogP contribution is -2.51. The molecule has 0 bridgehead atoms. The smallest absolute Gasteiger partial charge is 0.339 e. The number of hydrogen-bond donors (Lipinski definition) is 2. The van der Waals surface area contributed by atoms with Gasteiger partial charge < -0.3 is 39.0 Å². The van der Waals surface area contributed by atoms with Gasteiger partial charge in [-0.25, -0.2) is 4.79 Å². The summed E-state index contributed by atoms with van der Waals surface area (Å²) < 4.78 is 23.8. The van der Waals surface area contributed by atoms with Crippen LogP contribution in [0.15, 0.2) is 24.0 Å². The van der Waals surface area contributed by atoms with Crippen molar-refractivity contribution < 1.29 is 38.7 Å². The van der Waals surface area contributed by atoms with Crippen molar-refractivity contribution in [2.45, 2.75) is 106 Å². The molecule has 6 rings (SSSR count). The van der Waals surface area contributed by atoms with Crippen molar-refractivity contribution in [3.05, 3.63) is 35.1 Å². The number of methoxy groups -OCH3 is 1. The van der Waals surface area contributed by atoms with Crippen molar-refractivity contribution in [1.29, 1.82) is 0 Å². The highest BCUT2D eigenvalue weighted by atomic mass is 16.7. The van der Waals surface area contributed by atoms with Gasteiger partial charge in [0.2, 0.25) is 12.7 Å². The third kappa shape index (κ3) is 6.23. The maximum atomic E-state index is 14.3. The molecule has 1 aliphatic carbocycles. The predicted octanol–water partition coefficient (Wildman–Crippen LogP) is 2.96. The monoisotopic (exact) mass is 641 g/mol. The molecule has 0 saturated carbocycles. The molecule has 11 nitrogen and oxygen atoms in total. The van der Waals surface area contributed by atoms with Crippen LogP contribution in [0.3, 0.4) is 0 Å². The van der Waals surface area contributed by atoms with Gasteiger partial charge in [0, 0.05) is 25.7 Å². The Bertz CT molecular complexity index is 1350. The number of ether oxygens (including phenoxy) is 4. The van der Waals surface area contributed by atoms with Gasteiger partial charge in [0.1, 0.15) is 5.76 Å². The van der Waals surface area contributed by atoms with E-state index in [1.807, 2.05) is 26.2 Å². The second-order valence-electron chi connectivity index (χ2n) is 14.7. The number of rotatable bonds is 10. The van der Waals surface area contributed by atoms with Crippen LogP contribution in [0.25, 0.3) is 0 Å². The lowest BCUT2D eigenvalue weighted by atomic mass is 9.77. The molecule has 2 N–H and O–H groups in total. The van der Waals surface area contributed by atoms with E-state index in [0.29, 0.717) is 43.5 Å². The normalized spacial score (nSPS) is 27.4. The van der Waals surface area contributed by atoms with E-state index in [4.69, 9.17) is 18.9 Å². The third-order valence-corrected chi connectivity index (χ3v) is 10.9. The lowest BCUT2D eigenvalue weighted by Gasteiger charge is -2.40. The van der Waals surface area contributed by atoms with E-state index >= 15 is 0 Å². The number of benzene rings is 1. The molecule has 4 atom stereocenters. The number of nitrogens with zero attached hydrogens (tertiary/aromatic N) is 3. The summed E-state index contributed by atoms with van der Waals surface area (Å²) in [5.41, 5.74) is -1.31. The first-order valence-corrected chi connectivity index (χ1v) is 16.9. The summed E-state index contributed by atoms with van der Waals surface area (Å²) in [7, 11) is 5.67. The highest BCUT2D eigenvalue weighted by Gasteiger charge is 2.59. The number of piperidine rings is 1. The SMILES string of the molecule is COC1=C[C@]23CCCN2CCc2cc4c(cc2[C@@H]3[C@@H]1OC(=O)[C@@](O)(CCCC(C)(C)O)CC(=O)N1CCC(N(C)C)CC1)OCO4. The van der Waals surface area contributed by atoms with Crippen LogP contribution in [-0.2, 0) is 25.5 Å². The zero-order valence-corrected chi connectivity index (χ0v) is 28.0. The van der Waals surface area contributed by atoms with Gasteiger partial charge in [-0.05, 0) is 115 Å². The van der Waals surface area contributed by atoms with Crippen LogP contribution in [-0.4, -0.2) is 120 Å².